The zero-order chi connectivity index (χ0) is 19.8. The molecule has 0 radical (unpaired) electrons. The Labute approximate surface area is 169 Å². The second-order valence-electron chi connectivity index (χ2n) is 7.68. The van der Waals surface area contributed by atoms with Crippen LogP contribution >= 0.6 is 0 Å². The van der Waals surface area contributed by atoms with E-state index in [-0.39, 0.29) is 0 Å². The van der Waals surface area contributed by atoms with Gasteiger partial charge in [-0.1, -0.05) is 71.1 Å². The number of nitrogens with zero attached hydrogens (tertiary/aromatic N) is 1. The van der Waals surface area contributed by atoms with E-state index in [1.54, 1.807) is 0 Å². The molecule has 0 fully saturated rings. The highest BCUT2D eigenvalue weighted by molar-refractivity contribution is 5.80. The molecule has 28 heavy (non-hydrogen) atoms. The highest BCUT2D eigenvalue weighted by atomic mass is 16.5. The summed E-state index contributed by atoms with van der Waals surface area (Å²) in [5.41, 5.74) is 4.11. The third kappa shape index (κ3) is 5.37. The van der Waals surface area contributed by atoms with Crippen LogP contribution < -0.4 is 4.74 Å². The van der Waals surface area contributed by atoms with Crippen molar-refractivity contribution in [3.8, 4) is 16.9 Å². The molecule has 0 aliphatic rings. The fourth-order valence-electron chi connectivity index (χ4n) is 3.33. The summed E-state index contributed by atoms with van der Waals surface area (Å²) in [4.78, 5) is 4.67. The fourth-order valence-corrected chi connectivity index (χ4v) is 3.33. The summed E-state index contributed by atoms with van der Waals surface area (Å²) >= 11 is 0. The van der Waals surface area contributed by atoms with Gasteiger partial charge in [0.2, 0.25) is 0 Å². The lowest BCUT2D eigenvalue weighted by atomic mass is 10.1. The predicted octanol–water partition coefficient (Wildman–Crippen LogP) is 7.75. The maximum Gasteiger partial charge on any atom is 0.198 e. The average Bonchev–Trinajstić information content (AvgIpc) is 3.16. The molecule has 1 unspecified atom stereocenters. The number of rotatable bonds is 11. The summed E-state index contributed by atoms with van der Waals surface area (Å²) in [6.45, 7) is 7.35. The molecule has 0 spiro atoms. The quantitative estimate of drug-likeness (QED) is 0.319. The minimum atomic E-state index is 0.346. The third-order valence-corrected chi connectivity index (χ3v) is 5.39. The van der Waals surface area contributed by atoms with E-state index >= 15 is 0 Å². The van der Waals surface area contributed by atoms with Crippen LogP contribution in [-0.4, -0.2) is 11.6 Å². The maximum atomic E-state index is 5.89. The van der Waals surface area contributed by atoms with Gasteiger partial charge in [0.15, 0.2) is 11.5 Å². The van der Waals surface area contributed by atoms with Crippen LogP contribution in [0.1, 0.15) is 77.5 Å². The van der Waals surface area contributed by atoms with E-state index in [1.165, 1.54) is 37.7 Å². The van der Waals surface area contributed by atoms with Gasteiger partial charge in [0, 0.05) is 5.92 Å². The molecule has 1 aromatic heterocycles. The first kappa shape index (κ1) is 20.4. The molecule has 0 bridgehead atoms. The summed E-state index contributed by atoms with van der Waals surface area (Å²) in [5, 5.41) is 0. The summed E-state index contributed by atoms with van der Waals surface area (Å²) in [6.07, 6.45) is 8.73. The highest BCUT2D eigenvalue weighted by Gasteiger charge is 2.12. The largest absolute Gasteiger partial charge is 0.494 e. The number of oxazole rings is 1. The summed E-state index contributed by atoms with van der Waals surface area (Å²) in [5.74, 6) is 2.12. The molecule has 3 aromatic rings. The predicted molar refractivity (Wildman–Crippen MR) is 117 cm³/mol. The van der Waals surface area contributed by atoms with Gasteiger partial charge in [-0.25, -0.2) is 4.98 Å². The molecule has 1 atom stereocenters. The summed E-state index contributed by atoms with van der Waals surface area (Å²) in [7, 11) is 0. The van der Waals surface area contributed by atoms with Crippen LogP contribution in [0.5, 0.6) is 5.75 Å². The Hall–Kier alpha value is -2.29. The van der Waals surface area contributed by atoms with Gasteiger partial charge in [-0.15, -0.1) is 0 Å². The van der Waals surface area contributed by atoms with E-state index in [0.717, 1.165) is 47.8 Å². The average molecular weight is 380 g/mol. The van der Waals surface area contributed by atoms with Gasteiger partial charge in [0.05, 0.1) is 6.61 Å². The Morgan fingerprint density at radius 2 is 1.61 bits per heavy atom. The summed E-state index contributed by atoms with van der Waals surface area (Å²) in [6, 6.07) is 14.6. The summed E-state index contributed by atoms with van der Waals surface area (Å²) < 4.78 is 11.8. The lowest BCUT2D eigenvalue weighted by molar-refractivity contribution is 0.304. The van der Waals surface area contributed by atoms with Crippen LogP contribution in [0, 0.1) is 0 Å². The number of ether oxygens (including phenoxy) is 1. The van der Waals surface area contributed by atoms with Crippen LogP contribution in [0.25, 0.3) is 22.2 Å². The molecule has 2 aromatic carbocycles. The van der Waals surface area contributed by atoms with E-state index in [2.05, 4.69) is 62.2 Å². The van der Waals surface area contributed by atoms with Gasteiger partial charge < -0.3 is 9.15 Å². The van der Waals surface area contributed by atoms with Crippen molar-refractivity contribution in [3.63, 3.8) is 0 Å². The molecule has 0 aliphatic heterocycles. The second-order valence-corrected chi connectivity index (χ2v) is 7.68. The minimum absolute atomic E-state index is 0.346. The van der Waals surface area contributed by atoms with Crippen molar-refractivity contribution >= 4 is 11.1 Å². The van der Waals surface area contributed by atoms with Gasteiger partial charge >= 0.3 is 0 Å². The lowest BCUT2D eigenvalue weighted by Gasteiger charge is -2.07. The number of hydrogen-bond donors (Lipinski definition) is 0. The Bertz CT molecular complexity index is 851. The van der Waals surface area contributed by atoms with Crippen molar-refractivity contribution in [3.05, 3.63) is 48.4 Å². The van der Waals surface area contributed by atoms with Crippen molar-refractivity contribution < 1.29 is 9.15 Å². The molecule has 3 rings (SSSR count). The SMILES string of the molecule is CCCCCCCCOc1ccc(-c2ccc3oc(C(C)CC)nc3c2)cc1. The van der Waals surface area contributed by atoms with Gasteiger partial charge in [-0.2, -0.15) is 0 Å². The van der Waals surface area contributed by atoms with Gasteiger partial charge in [-0.05, 0) is 48.2 Å². The van der Waals surface area contributed by atoms with Crippen molar-refractivity contribution in [2.24, 2.45) is 0 Å². The monoisotopic (exact) mass is 379 g/mol. The Kier molecular flexibility index (Phi) is 7.53. The van der Waals surface area contributed by atoms with Gasteiger partial charge in [0.25, 0.3) is 0 Å². The van der Waals surface area contributed by atoms with Crippen molar-refractivity contribution in [1.29, 1.82) is 0 Å². The smallest absolute Gasteiger partial charge is 0.198 e. The van der Waals surface area contributed by atoms with Crippen molar-refractivity contribution in [2.45, 2.75) is 71.6 Å². The molecule has 1 heterocycles. The molecule has 0 aliphatic carbocycles. The zero-order valence-electron chi connectivity index (χ0n) is 17.5. The maximum absolute atomic E-state index is 5.89. The normalized spacial score (nSPS) is 12.4. The van der Waals surface area contributed by atoms with Crippen molar-refractivity contribution in [2.75, 3.05) is 6.61 Å². The Morgan fingerprint density at radius 3 is 2.36 bits per heavy atom. The first-order valence-corrected chi connectivity index (χ1v) is 10.8. The van der Waals surface area contributed by atoms with E-state index < -0.39 is 0 Å². The molecule has 3 heteroatoms. The van der Waals surface area contributed by atoms with Crippen molar-refractivity contribution in [1.82, 2.24) is 4.98 Å². The van der Waals surface area contributed by atoms with E-state index in [0.29, 0.717) is 5.92 Å². The lowest BCUT2D eigenvalue weighted by Crippen LogP contribution is -1.97. The standard InChI is InChI=1S/C25H33NO2/c1-4-6-7-8-9-10-17-27-22-14-11-20(12-15-22)21-13-16-24-23(18-21)26-25(28-24)19(3)5-2/h11-16,18-19H,4-10,17H2,1-3H3. The fraction of sp³-hybridized carbons (Fsp3) is 0.480. The number of fused-ring (bicyclic) bond motifs is 1. The van der Waals surface area contributed by atoms with Crippen LogP contribution in [0.15, 0.2) is 46.9 Å². The van der Waals surface area contributed by atoms with Crippen LogP contribution in [0.2, 0.25) is 0 Å². The van der Waals surface area contributed by atoms with Crippen LogP contribution in [-0.2, 0) is 0 Å². The number of aromatic nitrogens is 1. The third-order valence-electron chi connectivity index (χ3n) is 5.39. The molecule has 3 nitrogen and oxygen atoms in total. The second kappa shape index (κ2) is 10.3. The minimum Gasteiger partial charge on any atom is -0.494 e. The van der Waals surface area contributed by atoms with Crippen LogP contribution in [0.3, 0.4) is 0 Å². The molecule has 150 valence electrons. The first-order chi connectivity index (χ1) is 13.7. The zero-order valence-corrected chi connectivity index (χ0v) is 17.5. The molecule has 0 N–H and O–H groups in total. The Balaban J connectivity index is 1.57. The van der Waals surface area contributed by atoms with Gasteiger partial charge in [0.1, 0.15) is 11.3 Å². The highest BCUT2D eigenvalue weighted by Crippen LogP contribution is 2.28. The van der Waals surface area contributed by atoms with Gasteiger partial charge in [-0.3, -0.25) is 0 Å². The molecular formula is C25H33NO2. The van der Waals surface area contributed by atoms with E-state index in [1.807, 2.05) is 6.07 Å². The Morgan fingerprint density at radius 1 is 0.893 bits per heavy atom. The molecular weight excluding hydrogens is 346 g/mol. The van der Waals surface area contributed by atoms with Crippen LogP contribution in [0.4, 0.5) is 0 Å². The number of benzene rings is 2. The molecule has 0 saturated heterocycles. The van der Waals surface area contributed by atoms with E-state index in [4.69, 9.17) is 9.15 Å². The molecule has 0 saturated carbocycles. The molecule has 0 amide bonds. The van der Waals surface area contributed by atoms with E-state index in [9.17, 15) is 0 Å². The topological polar surface area (TPSA) is 35.3 Å². The number of hydrogen-bond acceptors (Lipinski definition) is 3. The number of unbranched alkanes of at least 4 members (excludes halogenated alkanes) is 5. The first-order valence-electron chi connectivity index (χ1n) is 10.8.